The van der Waals surface area contributed by atoms with Crippen LogP contribution in [0, 0.1) is 5.92 Å². The Morgan fingerprint density at radius 1 is 1.42 bits per heavy atom. The molecule has 7 heteroatoms. The van der Waals surface area contributed by atoms with E-state index in [1.807, 2.05) is 0 Å². The SMILES string of the molecule is CCOC(=O)C(C)N1CCC(C(O)C(F)(F)F)CC1. The summed E-state index contributed by atoms with van der Waals surface area (Å²) >= 11 is 0. The zero-order valence-corrected chi connectivity index (χ0v) is 11.1. The topological polar surface area (TPSA) is 49.8 Å². The molecule has 112 valence electrons. The summed E-state index contributed by atoms with van der Waals surface area (Å²) in [6.45, 7) is 4.39. The minimum absolute atomic E-state index is 0.227. The number of piperidine rings is 1. The fourth-order valence-electron chi connectivity index (χ4n) is 2.30. The fourth-order valence-corrected chi connectivity index (χ4v) is 2.30. The molecule has 1 rings (SSSR count). The van der Waals surface area contributed by atoms with Crippen molar-refractivity contribution in [1.82, 2.24) is 4.90 Å². The molecule has 0 aliphatic carbocycles. The molecule has 1 aliphatic rings. The highest BCUT2D eigenvalue weighted by atomic mass is 19.4. The largest absolute Gasteiger partial charge is 0.465 e. The number of rotatable bonds is 4. The van der Waals surface area contributed by atoms with Crippen LogP contribution in [0.2, 0.25) is 0 Å². The maximum atomic E-state index is 12.4. The standard InChI is InChI=1S/C12H20F3NO3/c1-3-19-11(18)8(2)16-6-4-9(5-7-16)10(17)12(13,14)15/h8-10,17H,3-7H2,1-2H3. The van der Waals surface area contributed by atoms with Crippen molar-refractivity contribution in [3.63, 3.8) is 0 Å². The van der Waals surface area contributed by atoms with Crippen LogP contribution in [0.3, 0.4) is 0 Å². The van der Waals surface area contributed by atoms with E-state index in [0.29, 0.717) is 13.1 Å². The number of ether oxygens (including phenoxy) is 1. The molecule has 0 spiro atoms. The molecular formula is C12H20F3NO3. The predicted molar refractivity (Wildman–Crippen MR) is 62.5 cm³/mol. The minimum atomic E-state index is -4.57. The zero-order valence-electron chi connectivity index (χ0n) is 11.1. The van der Waals surface area contributed by atoms with Gasteiger partial charge in [0.05, 0.1) is 6.61 Å². The van der Waals surface area contributed by atoms with Gasteiger partial charge in [0.2, 0.25) is 0 Å². The lowest BCUT2D eigenvalue weighted by atomic mass is 9.90. The molecule has 1 fully saturated rings. The lowest BCUT2D eigenvalue weighted by Gasteiger charge is -2.36. The third-order valence-electron chi connectivity index (χ3n) is 3.53. The number of hydrogen-bond donors (Lipinski definition) is 1. The van der Waals surface area contributed by atoms with Crippen molar-refractivity contribution < 1.29 is 27.8 Å². The molecule has 2 unspecified atom stereocenters. The molecular weight excluding hydrogens is 263 g/mol. The van der Waals surface area contributed by atoms with Gasteiger partial charge in [-0.05, 0) is 45.7 Å². The second-order valence-electron chi connectivity index (χ2n) is 4.79. The van der Waals surface area contributed by atoms with Crippen LogP contribution >= 0.6 is 0 Å². The van der Waals surface area contributed by atoms with Crippen LogP contribution in [0.5, 0.6) is 0 Å². The van der Waals surface area contributed by atoms with Crippen LogP contribution in [0.1, 0.15) is 26.7 Å². The Bertz CT molecular complexity index is 301. The van der Waals surface area contributed by atoms with E-state index >= 15 is 0 Å². The first-order chi connectivity index (χ1) is 8.77. The minimum Gasteiger partial charge on any atom is -0.465 e. The molecule has 0 saturated carbocycles. The Hall–Kier alpha value is -0.820. The van der Waals surface area contributed by atoms with Gasteiger partial charge in [-0.15, -0.1) is 0 Å². The lowest BCUT2D eigenvalue weighted by Crippen LogP contribution is -2.48. The summed E-state index contributed by atoms with van der Waals surface area (Å²) in [5, 5.41) is 9.19. The number of hydrogen-bond acceptors (Lipinski definition) is 4. The van der Waals surface area contributed by atoms with Crippen LogP contribution in [-0.4, -0.2) is 54.0 Å². The number of alkyl halides is 3. The van der Waals surface area contributed by atoms with E-state index in [9.17, 15) is 23.1 Å². The maximum absolute atomic E-state index is 12.4. The van der Waals surface area contributed by atoms with E-state index in [1.165, 1.54) is 0 Å². The van der Waals surface area contributed by atoms with Gasteiger partial charge in [-0.2, -0.15) is 13.2 Å². The Morgan fingerprint density at radius 3 is 2.37 bits per heavy atom. The summed E-state index contributed by atoms with van der Waals surface area (Å²) in [4.78, 5) is 13.3. The molecule has 1 heterocycles. The van der Waals surface area contributed by atoms with E-state index < -0.39 is 24.2 Å². The highest BCUT2D eigenvalue weighted by molar-refractivity contribution is 5.75. The van der Waals surface area contributed by atoms with Gasteiger partial charge in [-0.25, -0.2) is 0 Å². The molecule has 4 nitrogen and oxygen atoms in total. The van der Waals surface area contributed by atoms with Crippen molar-refractivity contribution in [3.8, 4) is 0 Å². The summed E-state index contributed by atoms with van der Waals surface area (Å²) in [6, 6.07) is -0.455. The van der Waals surface area contributed by atoms with Crippen molar-refractivity contribution in [1.29, 1.82) is 0 Å². The molecule has 19 heavy (non-hydrogen) atoms. The van der Waals surface area contributed by atoms with Crippen LogP contribution in [0.15, 0.2) is 0 Å². The van der Waals surface area contributed by atoms with Gasteiger partial charge in [0.15, 0.2) is 6.10 Å². The first-order valence-electron chi connectivity index (χ1n) is 6.42. The molecule has 2 atom stereocenters. The predicted octanol–water partition coefficient (Wildman–Crippen LogP) is 1.57. The number of carbonyl (C=O) groups is 1. The van der Waals surface area contributed by atoms with Crippen LogP contribution in [0.4, 0.5) is 13.2 Å². The lowest BCUT2D eigenvalue weighted by molar-refractivity contribution is -0.223. The monoisotopic (exact) mass is 283 g/mol. The number of halogens is 3. The Morgan fingerprint density at radius 2 is 1.95 bits per heavy atom. The van der Waals surface area contributed by atoms with Crippen molar-refractivity contribution in [2.75, 3.05) is 19.7 Å². The van der Waals surface area contributed by atoms with Gasteiger partial charge in [0, 0.05) is 0 Å². The third kappa shape index (κ3) is 4.35. The van der Waals surface area contributed by atoms with Gasteiger partial charge >= 0.3 is 12.1 Å². The highest BCUT2D eigenvalue weighted by Crippen LogP contribution is 2.32. The molecule has 1 N–H and O–H groups in total. The Balaban J connectivity index is 2.47. The number of carbonyl (C=O) groups excluding carboxylic acids is 1. The molecule has 1 aliphatic heterocycles. The van der Waals surface area contributed by atoms with Gasteiger partial charge < -0.3 is 9.84 Å². The first kappa shape index (κ1) is 16.2. The maximum Gasteiger partial charge on any atom is 0.414 e. The normalized spacial score (nSPS) is 22.0. The van der Waals surface area contributed by atoms with Crippen molar-refractivity contribution >= 4 is 5.97 Å². The second kappa shape index (κ2) is 6.56. The second-order valence-corrected chi connectivity index (χ2v) is 4.79. The summed E-state index contributed by atoms with van der Waals surface area (Å²) in [5.41, 5.74) is 0. The number of likely N-dealkylation sites (tertiary alicyclic amines) is 1. The summed E-state index contributed by atoms with van der Waals surface area (Å²) in [6.07, 6.45) is -6.39. The van der Waals surface area contributed by atoms with Gasteiger partial charge in [-0.3, -0.25) is 9.69 Å². The molecule has 0 bridgehead atoms. The fraction of sp³-hybridized carbons (Fsp3) is 0.917. The van der Waals surface area contributed by atoms with Crippen LogP contribution in [0.25, 0.3) is 0 Å². The first-order valence-corrected chi connectivity index (χ1v) is 6.42. The van der Waals surface area contributed by atoms with E-state index in [4.69, 9.17) is 4.74 Å². The summed E-state index contributed by atoms with van der Waals surface area (Å²) < 4.78 is 42.0. The number of aliphatic hydroxyl groups excluding tert-OH is 1. The van der Waals surface area contributed by atoms with Crippen molar-refractivity contribution in [2.45, 2.75) is 45.0 Å². The van der Waals surface area contributed by atoms with Gasteiger partial charge in [-0.1, -0.05) is 0 Å². The molecule has 1 saturated heterocycles. The van der Waals surface area contributed by atoms with E-state index in [0.717, 1.165) is 0 Å². The number of aliphatic hydroxyl groups is 1. The molecule has 0 aromatic rings. The molecule has 0 radical (unpaired) electrons. The van der Waals surface area contributed by atoms with Crippen molar-refractivity contribution in [3.05, 3.63) is 0 Å². The molecule has 0 amide bonds. The van der Waals surface area contributed by atoms with Gasteiger partial charge in [0.1, 0.15) is 6.04 Å². The van der Waals surface area contributed by atoms with Crippen molar-refractivity contribution in [2.24, 2.45) is 5.92 Å². The van der Waals surface area contributed by atoms with E-state index in [2.05, 4.69) is 0 Å². The molecule has 0 aromatic heterocycles. The summed E-state index contributed by atoms with van der Waals surface area (Å²) in [7, 11) is 0. The Labute approximate surface area is 110 Å². The Kier molecular flexibility index (Phi) is 5.61. The molecule has 0 aromatic carbocycles. The van der Waals surface area contributed by atoms with Crippen LogP contribution in [-0.2, 0) is 9.53 Å². The quantitative estimate of drug-likeness (QED) is 0.796. The number of esters is 1. The highest BCUT2D eigenvalue weighted by Gasteiger charge is 2.44. The zero-order chi connectivity index (χ0) is 14.6. The van der Waals surface area contributed by atoms with E-state index in [-0.39, 0.29) is 25.4 Å². The third-order valence-corrected chi connectivity index (χ3v) is 3.53. The average molecular weight is 283 g/mol. The van der Waals surface area contributed by atoms with Crippen LogP contribution < -0.4 is 0 Å². The van der Waals surface area contributed by atoms with Gasteiger partial charge in [0.25, 0.3) is 0 Å². The summed E-state index contributed by atoms with van der Waals surface area (Å²) in [5.74, 6) is -1.15. The van der Waals surface area contributed by atoms with E-state index in [1.54, 1.807) is 18.7 Å². The number of nitrogens with zero attached hydrogens (tertiary/aromatic N) is 1. The average Bonchev–Trinajstić information content (AvgIpc) is 2.36. The smallest absolute Gasteiger partial charge is 0.414 e.